The second kappa shape index (κ2) is 11.5. The number of hydrogen-bond acceptors (Lipinski definition) is 8. The average Bonchev–Trinajstić information content (AvgIpc) is 2.92. The number of nitrogens with zero attached hydrogens (tertiary/aromatic N) is 3. The predicted octanol–water partition coefficient (Wildman–Crippen LogP) is 4.91. The molecule has 10 heteroatoms. The number of hydrogen-bond donors (Lipinski definition) is 2. The van der Waals surface area contributed by atoms with Crippen molar-refractivity contribution in [2.24, 2.45) is 4.36 Å². The molecule has 0 saturated heterocycles. The Morgan fingerprint density at radius 2 is 1.59 bits per heavy atom. The summed E-state index contributed by atoms with van der Waals surface area (Å²) in [4.78, 5) is 9.00. The van der Waals surface area contributed by atoms with Crippen molar-refractivity contribution in [2.45, 2.75) is 30.9 Å². The van der Waals surface area contributed by atoms with Gasteiger partial charge in [-0.3, -0.25) is 4.98 Å². The first-order chi connectivity index (χ1) is 17.8. The van der Waals surface area contributed by atoms with Gasteiger partial charge in [-0.15, -0.1) is 0 Å². The van der Waals surface area contributed by atoms with E-state index < -0.39 is 16.0 Å². The monoisotopic (exact) mass is 522 g/mol. The molecule has 0 bridgehead atoms. The molecule has 0 aliphatic carbocycles. The van der Waals surface area contributed by atoms with Gasteiger partial charge in [-0.25, -0.2) is 18.3 Å². The summed E-state index contributed by atoms with van der Waals surface area (Å²) in [6, 6.07) is 17.5. The van der Waals surface area contributed by atoms with Crippen LogP contribution in [0.5, 0.6) is 23.1 Å². The highest BCUT2D eigenvalue weighted by molar-refractivity contribution is 7.91. The molecule has 3 atom stereocenters. The number of rotatable bonds is 10. The Hall–Kier alpha value is -3.73. The Kier molecular flexibility index (Phi) is 8.22. The number of pyridine rings is 2. The van der Waals surface area contributed by atoms with Gasteiger partial charge >= 0.3 is 0 Å². The van der Waals surface area contributed by atoms with Crippen LogP contribution in [0.4, 0.5) is 0 Å². The summed E-state index contributed by atoms with van der Waals surface area (Å²) in [5.74, 6) is 2.28. The van der Waals surface area contributed by atoms with Crippen molar-refractivity contribution in [3.05, 3.63) is 78.6 Å². The predicted molar refractivity (Wildman–Crippen MR) is 143 cm³/mol. The third-order valence-corrected chi connectivity index (χ3v) is 7.71. The first-order valence-electron chi connectivity index (χ1n) is 11.7. The van der Waals surface area contributed by atoms with Crippen LogP contribution in [0, 0.1) is 0 Å². The van der Waals surface area contributed by atoms with Crippen LogP contribution < -0.4 is 18.9 Å². The van der Waals surface area contributed by atoms with Gasteiger partial charge in [0.15, 0.2) is 0 Å². The van der Waals surface area contributed by atoms with Gasteiger partial charge in [0, 0.05) is 18.9 Å². The summed E-state index contributed by atoms with van der Waals surface area (Å²) in [7, 11) is 0.0806. The molecule has 0 aliphatic rings. The minimum absolute atomic E-state index is 0.120. The fraction of sp³-hybridized carbons (Fsp3) is 0.259. The van der Waals surface area contributed by atoms with Crippen LogP contribution in [0.15, 0.2) is 82.3 Å². The Labute approximate surface area is 216 Å². The third-order valence-electron chi connectivity index (χ3n) is 5.63. The zero-order valence-electron chi connectivity index (χ0n) is 21.1. The molecular formula is C27H30N4O5S. The van der Waals surface area contributed by atoms with E-state index in [2.05, 4.69) is 19.1 Å². The van der Waals surface area contributed by atoms with Gasteiger partial charge in [-0.2, -0.15) is 0 Å². The van der Waals surface area contributed by atoms with Crippen molar-refractivity contribution in [1.82, 2.24) is 14.7 Å². The van der Waals surface area contributed by atoms with Crippen molar-refractivity contribution in [2.75, 3.05) is 20.8 Å². The highest BCUT2D eigenvalue weighted by Gasteiger charge is 2.17. The number of aliphatic hydroxyl groups is 1. The summed E-state index contributed by atoms with van der Waals surface area (Å²) in [5, 5.41) is 10.6. The van der Waals surface area contributed by atoms with Gasteiger partial charge in [0.1, 0.15) is 32.7 Å². The van der Waals surface area contributed by atoms with Gasteiger partial charge in [-0.1, -0.05) is 12.1 Å². The largest absolute Gasteiger partial charge is 0.497 e. The number of nitrogens with one attached hydrogen (secondary N) is 1. The van der Waals surface area contributed by atoms with E-state index in [0.29, 0.717) is 27.8 Å². The third kappa shape index (κ3) is 6.16. The van der Waals surface area contributed by atoms with E-state index >= 15 is 0 Å². The maximum atomic E-state index is 14.0. The van der Waals surface area contributed by atoms with Crippen LogP contribution in [-0.4, -0.2) is 46.2 Å². The smallest absolute Gasteiger partial charge is 0.240 e. The molecule has 3 unspecified atom stereocenters. The minimum Gasteiger partial charge on any atom is -0.497 e. The van der Waals surface area contributed by atoms with Gasteiger partial charge in [-0.05, 0) is 67.9 Å². The molecule has 2 aromatic heterocycles. The lowest BCUT2D eigenvalue weighted by Gasteiger charge is -2.17. The van der Waals surface area contributed by atoms with Crippen molar-refractivity contribution >= 4 is 20.8 Å². The fourth-order valence-corrected chi connectivity index (χ4v) is 5.57. The molecule has 0 amide bonds. The van der Waals surface area contributed by atoms with E-state index in [1.54, 1.807) is 69.9 Å². The first-order valence-corrected chi connectivity index (χ1v) is 13.2. The van der Waals surface area contributed by atoms with E-state index in [1.165, 1.54) is 0 Å². The van der Waals surface area contributed by atoms with Crippen molar-refractivity contribution in [3.63, 3.8) is 0 Å². The summed E-state index contributed by atoms with van der Waals surface area (Å²) < 4.78 is 38.3. The molecule has 4 aromatic rings. The quantitative estimate of drug-likeness (QED) is 0.304. The van der Waals surface area contributed by atoms with Crippen molar-refractivity contribution in [1.29, 1.82) is 0 Å². The molecule has 194 valence electrons. The Morgan fingerprint density at radius 3 is 2.24 bits per heavy atom. The van der Waals surface area contributed by atoms with E-state index in [9.17, 15) is 9.32 Å². The lowest BCUT2D eigenvalue weighted by atomic mass is 10.1. The number of aromatic nitrogens is 2. The maximum absolute atomic E-state index is 14.0. The zero-order valence-corrected chi connectivity index (χ0v) is 21.9. The lowest BCUT2D eigenvalue weighted by molar-refractivity contribution is 0.199. The summed E-state index contributed by atoms with van der Waals surface area (Å²) in [6.45, 7) is 3.62. The van der Waals surface area contributed by atoms with Crippen LogP contribution in [0.2, 0.25) is 0 Å². The van der Waals surface area contributed by atoms with Gasteiger partial charge in [0.2, 0.25) is 5.88 Å². The van der Waals surface area contributed by atoms with E-state index in [4.69, 9.17) is 14.2 Å². The minimum atomic E-state index is -3.07. The standard InChI is InChI=1S/C27H30N4O5S/c1-18(32)17-30-37(33,31-19(2)20-5-7-21(34-3)8-6-20)23-11-9-22(10-12-23)36-25-14-16-28-26-24(25)13-15-29-27(26)35-4/h5-16,18-19,32H,17H2,1-4H3,(H,30,31,33). The molecule has 0 fully saturated rings. The Bertz CT molecular complexity index is 1470. The molecule has 4 rings (SSSR count). The number of aliphatic hydroxyl groups excluding tert-OH is 1. The SMILES string of the molecule is COc1ccc(C(C)N=S(=O)(NCC(C)O)c2ccc(Oc3ccnc4c(OC)nccc34)cc2)cc1. The highest BCUT2D eigenvalue weighted by Crippen LogP contribution is 2.32. The van der Waals surface area contributed by atoms with Gasteiger partial charge in [0.25, 0.3) is 0 Å². The molecule has 2 aromatic carbocycles. The molecule has 0 spiro atoms. The Balaban J connectivity index is 1.64. The second-order valence-corrected chi connectivity index (χ2v) is 10.4. The van der Waals surface area contributed by atoms with Gasteiger partial charge in [0.05, 0.1) is 36.6 Å². The van der Waals surface area contributed by atoms with Gasteiger partial charge < -0.3 is 19.3 Å². The molecule has 2 heterocycles. The summed E-state index contributed by atoms with van der Waals surface area (Å²) >= 11 is 0. The van der Waals surface area contributed by atoms with E-state index in [-0.39, 0.29) is 12.6 Å². The number of methoxy groups -OCH3 is 2. The second-order valence-electron chi connectivity index (χ2n) is 8.38. The lowest BCUT2D eigenvalue weighted by Crippen LogP contribution is -2.31. The molecule has 9 nitrogen and oxygen atoms in total. The molecule has 2 N–H and O–H groups in total. The molecule has 0 saturated carbocycles. The topological polar surface area (TPSA) is 115 Å². The summed E-state index contributed by atoms with van der Waals surface area (Å²) in [6.07, 6.45) is 2.57. The average molecular weight is 523 g/mol. The fourth-order valence-electron chi connectivity index (χ4n) is 3.67. The molecular weight excluding hydrogens is 492 g/mol. The number of ether oxygens (including phenoxy) is 3. The number of benzene rings is 2. The van der Waals surface area contributed by atoms with Crippen LogP contribution in [-0.2, 0) is 9.92 Å². The van der Waals surface area contributed by atoms with Crippen LogP contribution in [0.1, 0.15) is 25.5 Å². The Morgan fingerprint density at radius 1 is 0.919 bits per heavy atom. The zero-order chi connectivity index (χ0) is 26.4. The van der Waals surface area contributed by atoms with E-state index in [0.717, 1.165) is 16.7 Å². The number of fused-ring (bicyclic) bond motifs is 1. The molecule has 0 radical (unpaired) electrons. The van der Waals surface area contributed by atoms with Crippen LogP contribution in [0.25, 0.3) is 10.9 Å². The van der Waals surface area contributed by atoms with Crippen molar-refractivity contribution in [3.8, 4) is 23.1 Å². The summed E-state index contributed by atoms with van der Waals surface area (Å²) in [5.41, 5.74) is 1.48. The highest BCUT2D eigenvalue weighted by atomic mass is 32.2. The maximum Gasteiger partial charge on any atom is 0.240 e. The van der Waals surface area contributed by atoms with Crippen LogP contribution in [0.3, 0.4) is 0 Å². The first kappa shape index (κ1) is 26.3. The normalized spacial score (nSPS) is 14.4. The van der Waals surface area contributed by atoms with Crippen molar-refractivity contribution < 1.29 is 23.5 Å². The van der Waals surface area contributed by atoms with Crippen LogP contribution >= 0.6 is 0 Å². The molecule has 0 aliphatic heterocycles. The van der Waals surface area contributed by atoms with E-state index in [1.807, 2.05) is 31.2 Å². The molecule has 37 heavy (non-hydrogen) atoms.